The van der Waals surface area contributed by atoms with E-state index in [2.05, 4.69) is 15.6 Å². The third-order valence-electron chi connectivity index (χ3n) is 4.40. The Morgan fingerprint density at radius 3 is 2.50 bits per heavy atom. The van der Waals surface area contributed by atoms with Crippen LogP contribution in [0.4, 0.5) is 11.4 Å². The summed E-state index contributed by atoms with van der Waals surface area (Å²) in [6, 6.07) is 15.1. The molecule has 0 bridgehead atoms. The van der Waals surface area contributed by atoms with Crippen molar-refractivity contribution in [2.24, 2.45) is 17.2 Å². The Labute approximate surface area is 173 Å². The van der Waals surface area contributed by atoms with Gasteiger partial charge in [-0.3, -0.25) is 4.79 Å². The van der Waals surface area contributed by atoms with E-state index in [1.807, 2.05) is 42.5 Å². The van der Waals surface area contributed by atoms with Crippen LogP contribution in [-0.4, -0.2) is 17.1 Å². The van der Waals surface area contributed by atoms with E-state index in [0.717, 1.165) is 27.8 Å². The number of fused-ring (bicyclic) bond motifs is 1. The maximum absolute atomic E-state index is 12.4. The lowest BCUT2D eigenvalue weighted by Gasteiger charge is -2.09. The van der Waals surface area contributed by atoms with Crippen molar-refractivity contribution in [1.29, 1.82) is 5.41 Å². The molecule has 8 heteroatoms. The van der Waals surface area contributed by atoms with Gasteiger partial charge in [-0.1, -0.05) is 18.2 Å². The van der Waals surface area contributed by atoms with Gasteiger partial charge in [0.2, 0.25) is 0 Å². The molecule has 0 spiro atoms. The van der Waals surface area contributed by atoms with Gasteiger partial charge >= 0.3 is 0 Å². The second-order valence-corrected chi connectivity index (χ2v) is 6.39. The van der Waals surface area contributed by atoms with Crippen LogP contribution in [0.2, 0.25) is 0 Å². The number of H-pyrrole nitrogens is 1. The number of hydrogen-bond donors (Lipinski definition) is 7. The normalized spacial score (nSPS) is 12.3. The van der Waals surface area contributed by atoms with E-state index in [1.165, 1.54) is 30.9 Å². The largest absolute Gasteiger partial charge is 0.405 e. The minimum absolute atomic E-state index is 0.323. The SMILES string of the molecule is N=CC(=CN)c1cccc(Nc2ccc3cc(C(=O)NC(/C=C\N)=C/N)[nH]c3c2)c1. The molecule has 0 saturated carbocycles. The molecule has 2 aromatic carbocycles. The fraction of sp³-hybridized carbons (Fsp3) is 0. The minimum atomic E-state index is -0.323. The van der Waals surface area contributed by atoms with Gasteiger partial charge < -0.3 is 38.2 Å². The molecular weight excluding hydrogens is 378 g/mol. The van der Waals surface area contributed by atoms with E-state index in [4.69, 9.17) is 22.6 Å². The number of nitrogens with two attached hydrogens (primary N) is 3. The van der Waals surface area contributed by atoms with Crippen molar-refractivity contribution in [2.45, 2.75) is 0 Å². The van der Waals surface area contributed by atoms with Crippen molar-refractivity contribution in [2.75, 3.05) is 5.32 Å². The Bertz CT molecular complexity index is 1170. The third kappa shape index (κ3) is 4.50. The number of hydrogen-bond acceptors (Lipinski definition) is 6. The third-order valence-corrected chi connectivity index (χ3v) is 4.40. The van der Waals surface area contributed by atoms with Crippen LogP contribution in [0.3, 0.4) is 0 Å². The molecule has 0 atom stereocenters. The van der Waals surface area contributed by atoms with E-state index < -0.39 is 0 Å². The summed E-state index contributed by atoms with van der Waals surface area (Å²) in [5.41, 5.74) is 21.2. The van der Waals surface area contributed by atoms with Gasteiger partial charge in [0.05, 0.1) is 5.70 Å². The van der Waals surface area contributed by atoms with Crippen molar-refractivity contribution < 1.29 is 4.79 Å². The Kier molecular flexibility index (Phi) is 6.19. The number of carbonyl (C=O) groups excluding carboxylic acids is 1. The predicted octanol–water partition coefficient (Wildman–Crippen LogP) is 2.86. The summed E-state index contributed by atoms with van der Waals surface area (Å²) in [5.74, 6) is -0.323. The molecule has 10 N–H and O–H groups in total. The zero-order valence-electron chi connectivity index (χ0n) is 16.1. The van der Waals surface area contributed by atoms with Gasteiger partial charge in [0.25, 0.3) is 5.91 Å². The first kappa shape index (κ1) is 20.3. The van der Waals surface area contributed by atoms with Gasteiger partial charge in [-0.2, -0.15) is 0 Å². The Morgan fingerprint density at radius 1 is 1.00 bits per heavy atom. The molecule has 0 saturated heterocycles. The van der Waals surface area contributed by atoms with Crippen LogP contribution >= 0.6 is 0 Å². The Balaban J connectivity index is 1.82. The topological polar surface area (TPSA) is 159 Å². The number of allylic oxidation sites excluding steroid dienone is 2. The smallest absolute Gasteiger partial charge is 0.272 e. The first-order chi connectivity index (χ1) is 14.6. The molecular formula is C22H23N7O. The van der Waals surface area contributed by atoms with Crippen LogP contribution in [0.1, 0.15) is 16.1 Å². The molecule has 1 amide bonds. The summed E-state index contributed by atoms with van der Waals surface area (Å²) in [7, 11) is 0. The zero-order valence-corrected chi connectivity index (χ0v) is 16.1. The second-order valence-electron chi connectivity index (χ2n) is 6.39. The van der Waals surface area contributed by atoms with E-state index >= 15 is 0 Å². The van der Waals surface area contributed by atoms with Crippen LogP contribution in [-0.2, 0) is 0 Å². The summed E-state index contributed by atoms with van der Waals surface area (Å²) in [6.45, 7) is 0. The molecule has 0 fully saturated rings. The lowest BCUT2D eigenvalue weighted by atomic mass is 10.1. The lowest BCUT2D eigenvalue weighted by molar-refractivity contribution is 0.0963. The molecule has 8 nitrogen and oxygen atoms in total. The highest BCUT2D eigenvalue weighted by atomic mass is 16.1. The van der Waals surface area contributed by atoms with E-state index in [0.29, 0.717) is 17.0 Å². The second kappa shape index (κ2) is 9.16. The van der Waals surface area contributed by atoms with Crippen molar-refractivity contribution in [3.05, 3.63) is 90.2 Å². The number of amides is 1. The minimum Gasteiger partial charge on any atom is -0.405 e. The molecule has 0 aliphatic carbocycles. The standard InChI is InChI=1S/C22H23N7O/c23-7-6-19(13-26)28-22(30)21-9-15-4-5-18(10-20(15)29-21)27-17-3-1-2-14(8-17)16(11-24)12-25/h1-13,24,27,29H,23,25-26H2,(H,28,30)/b7-6-,16-12?,19-13+,24-11?. The van der Waals surface area contributed by atoms with Crippen molar-refractivity contribution in [3.8, 4) is 0 Å². The van der Waals surface area contributed by atoms with Crippen LogP contribution in [0.25, 0.3) is 16.5 Å². The monoisotopic (exact) mass is 401 g/mol. The van der Waals surface area contributed by atoms with Gasteiger partial charge in [-0.05, 0) is 48.2 Å². The average Bonchev–Trinajstić information content (AvgIpc) is 3.18. The lowest BCUT2D eigenvalue weighted by Crippen LogP contribution is -2.23. The van der Waals surface area contributed by atoms with Crippen LogP contribution in [0, 0.1) is 5.41 Å². The van der Waals surface area contributed by atoms with Crippen molar-refractivity contribution >= 4 is 40.0 Å². The molecule has 0 radical (unpaired) electrons. The number of rotatable bonds is 7. The number of aromatic nitrogens is 1. The highest BCUT2D eigenvalue weighted by Gasteiger charge is 2.11. The van der Waals surface area contributed by atoms with Crippen LogP contribution in [0.15, 0.2) is 78.9 Å². The highest BCUT2D eigenvalue weighted by molar-refractivity contribution is 6.08. The highest BCUT2D eigenvalue weighted by Crippen LogP contribution is 2.24. The number of aromatic amines is 1. The maximum atomic E-state index is 12.4. The fourth-order valence-corrected chi connectivity index (χ4v) is 2.94. The molecule has 30 heavy (non-hydrogen) atoms. The van der Waals surface area contributed by atoms with Gasteiger partial charge in [-0.15, -0.1) is 0 Å². The van der Waals surface area contributed by atoms with Crippen LogP contribution in [0.5, 0.6) is 0 Å². The average molecular weight is 401 g/mol. The Morgan fingerprint density at radius 2 is 1.80 bits per heavy atom. The molecule has 3 aromatic rings. The quantitative estimate of drug-likeness (QED) is 0.239. The molecule has 0 aliphatic heterocycles. The van der Waals surface area contributed by atoms with E-state index in [1.54, 1.807) is 6.07 Å². The molecule has 1 heterocycles. The number of carbonyl (C=O) groups is 1. The number of benzene rings is 2. The van der Waals surface area contributed by atoms with Gasteiger partial charge in [0.1, 0.15) is 5.69 Å². The summed E-state index contributed by atoms with van der Waals surface area (Å²) >= 11 is 0. The number of nitrogens with one attached hydrogen (secondary N) is 4. The zero-order chi connectivity index (χ0) is 21.5. The van der Waals surface area contributed by atoms with Gasteiger partial charge in [0, 0.05) is 46.5 Å². The molecule has 152 valence electrons. The predicted molar refractivity (Wildman–Crippen MR) is 122 cm³/mol. The fourth-order valence-electron chi connectivity index (χ4n) is 2.94. The molecule has 0 unspecified atom stereocenters. The summed E-state index contributed by atoms with van der Waals surface area (Å²) in [6.07, 6.45) is 6.68. The molecule has 3 rings (SSSR count). The summed E-state index contributed by atoms with van der Waals surface area (Å²) in [5, 5.41) is 14.3. The summed E-state index contributed by atoms with van der Waals surface area (Å²) < 4.78 is 0. The summed E-state index contributed by atoms with van der Waals surface area (Å²) in [4.78, 5) is 15.5. The van der Waals surface area contributed by atoms with E-state index in [-0.39, 0.29) is 5.91 Å². The Hall–Kier alpha value is -4.46. The van der Waals surface area contributed by atoms with Crippen LogP contribution < -0.4 is 27.8 Å². The van der Waals surface area contributed by atoms with E-state index in [9.17, 15) is 4.79 Å². The van der Waals surface area contributed by atoms with Gasteiger partial charge in [-0.25, -0.2) is 0 Å². The van der Waals surface area contributed by atoms with Gasteiger partial charge in [0.15, 0.2) is 0 Å². The molecule has 1 aromatic heterocycles. The van der Waals surface area contributed by atoms with Crippen molar-refractivity contribution in [1.82, 2.24) is 10.3 Å². The maximum Gasteiger partial charge on any atom is 0.272 e. The molecule has 0 aliphatic rings. The van der Waals surface area contributed by atoms with Crippen molar-refractivity contribution in [3.63, 3.8) is 0 Å². The first-order valence-corrected chi connectivity index (χ1v) is 9.12. The number of anilines is 2. The first-order valence-electron chi connectivity index (χ1n) is 9.12.